The van der Waals surface area contributed by atoms with Crippen molar-refractivity contribution < 1.29 is 5.11 Å². The van der Waals surface area contributed by atoms with Crippen LogP contribution in [0, 0.1) is 5.92 Å². The molecular formula is C11H18N2O. The fourth-order valence-corrected chi connectivity index (χ4v) is 1.25. The van der Waals surface area contributed by atoms with Gasteiger partial charge in [-0.1, -0.05) is 19.9 Å². The normalized spacial score (nSPS) is 13.1. The van der Waals surface area contributed by atoms with Crippen LogP contribution in [-0.4, -0.2) is 23.2 Å². The molecule has 0 spiro atoms. The molecule has 1 aromatic heterocycles. The molecule has 0 aliphatic carbocycles. The molecule has 78 valence electrons. The molecular weight excluding hydrogens is 176 g/mol. The molecule has 1 rings (SSSR count). The van der Waals surface area contributed by atoms with Crippen molar-refractivity contribution in [2.24, 2.45) is 5.92 Å². The molecule has 0 fully saturated rings. The first-order chi connectivity index (χ1) is 6.74. The second-order valence-electron chi connectivity index (χ2n) is 3.82. The minimum Gasteiger partial charge on any atom is -0.394 e. The van der Waals surface area contributed by atoms with Crippen molar-refractivity contribution in [3.8, 4) is 0 Å². The summed E-state index contributed by atoms with van der Waals surface area (Å²) in [5.74, 6) is 0.584. The van der Waals surface area contributed by atoms with Gasteiger partial charge in [-0.25, -0.2) is 0 Å². The zero-order chi connectivity index (χ0) is 10.4. The zero-order valence-electron chi connectivity index (χ0n) is 8.77. The van der Waals surface area contributed by atoms with E-state index in [2.05, 4.69) is 24.1 Å². The van der Waals surface area contributed by atoms with Crippen LogP contribution in [0.5, 0.6) is 0 Å². The molecule has 2 N–H and O–H groups in total. The number of aromatic nitrogens is 1. The number of hydrogen-bond donors (Lipinski definition) is 2. The van der Waals surface area contributed by atoms with Gasteiger partial charge in [-0.3, -0.25) is 4.98 Å². The van der Waals surface area contributed by atoms with Crippen LogP contribution in [0.15, 0.2) is 24.5 Å². The molecule has 0 saturated heterocycles. The van der Waals surface area contributed by atoms with Crippen molar-refractivity contribution in [2.75, 3.05) is 13.2 Å². The van der Waals surface area contributed by atoms with Gasteiger partial charge in [-0.05, 0) is 24.1 Å². The maximum atomic E-state index is 9.20. The smallest absolute Gasteiger partial charge is 0.0627 e. The maximum absolute atomic E-state index is 9.20. The van der Waals surface area contributed by atoms with E-state index < -0.39 is 0 Å². The van der Waals surface area contributed by atoms with Crippen LogP contribution in [0.3, 0.4) is 0 Å². The largest absolute Gasteiger partial charge is 0.394 e. The first-order valence-electron chi connectivity index (χ1n) is 4.98. The SMILES string of the molecule is CC(C)CNC(CO)c1cccnc1. The van der Waals surface area contributed by atoms with Crippen molar-refractivity contribution in [1.29, 1.82) is 0 Å². The lowest BCUT2D eigenvalue weighted by molar-refractivity contribution is 0.240. The van der Waals surface area contributed by atoms with Crippen LogP contribution >= 0.6 is 0 Å². The minimum atomic E-state index is 0.00565. The van der Waals surface area contributed by atoms with Gasteiger partial charge in [-0.15, -0.1) is 0 Å². The topological polar surface area (TPSA) is 45.1 Å². The highest BCUT2D eigenvalue weighted by atomic mass is 16.3. The Morgan fingerprint density at radius 1 is 1.50 bits per heavy atom. The van der Waals surface area contributed by atoms with Gasteiger partial charge in [0.2, 0.25) is 0 Å². The quantitative estimate of drug-likeness (QED) is 0.744. The van der Waals surface area contributed by atoms with Gasteiger partial charge in [0.1, 0.15) is 0 Å². The molecule has 1 aromatic rings. The Balaban J connectivity index is 2.54. The van der Waals surface area contributed by atoms with E-state index in [9.17, 15) is 5.11 Å². The molecule has 14 heavy (non-hydrogen) atoms. The minimum absolute atomic E-state index is 0.00565. The standard InChI is InChI=1S/C11H18N2O/c1-9(2)6-13-11(8-14)10-4-3-5-12-7-10/h3-5,7,9,11,13-14H,6,8H2,1-2H3. The van der Waals surface area contributed by atoms with Crippen LogP contribution in [0.25, 0.3) is 0 Å². The van der Waals surface area contributed by atoms with Crippen LogP contribution in [0.4, 0.5) is 0 Å². The van der Waals surface area contributed by atoms with Gasteiger partial charge >= 0.3 is 0 Å². The molecule has 1 heterocycles. The third-order valence-electron chi connectivity index (χ3n) is 2.04. The molecule has 3 nitrogen and oxygen atoms in total. The summed E-state index contributed by atoms with van der Waals surface area (Å²) in [5.41, 5.74) is 1.04. The Kier molecular flexibility index (Phi) is 4.56. The molecule has 0 bridgehead atoms. The van der Waals surface area contributed by atoms with Gasteiger partial charge in [0, 0.05) is 12.4 Å². The van der Waals surface area contributed by atoms with Gasteiger partial charge in [-0.2, -0.15) is 0 Å². The Morgan fingerprint density at radius 2 is 2.29 bits per heavy atom. The first-order valence-corrected chi connectivity index (χ1v) is 4.98. The summed E-state index contributed by atoms with van der Waals surface area (Å²) in [6.45, 7) is 5.30. The first kappa shape index (κ1) is 11.1. The Morgan fingerprint density at radius 3 is 2.79 bits per heavy atom. The van der Waals surface area contributed by atoms with Gasteiger partial charge < -0.3 is 10.4 Å². The Bertz CT molecular complexity index is 249. The molecule has 0 saturated carbocycles. The van der Waals surface area contributed by atoms with Gasteiger partial charge in [0.15, 0.2) is 0 Å². The van der Waals surface area contributed by atoms with Gasteiger partial charge in [0.25, 0.3) is 0 Å². The van der Waals surface area contributed by atoms with Crippen molar-refractivity contribution in [1.82, 2.24) is 10.3 Å². The molecule has 1 atom stereocenters. The van der Waals surface area contributed by atoms with E-state index in [4.69, 9.17) is 0 Å². The van der Waals surface area contributed by atoms with Crippen molar-refractivity contribution >= 4 is 0 Å². The average molecular weight is 194 g/mol. The third-order valence-corrected chi connectivity index (χ3v) is 2.04. The monoisotopic (exact) mass is 194 g/mol. The van der Waals surface area contributed by atoms with Crippen molar-refractivity contribution in [3.05, 3.63) is 30.1 Å². The highest BCUT2D eigenvalue weighted by Crippen LogP contribution is 2.10. The third kappa shape index (κ3) is 3.44. The average Bonchev–Trinajstić information content (AvgIpc) is 2.20. The zero-order valence-corrected chi connectivity index (χ0v) is 8.77. The van der Waals surface area contributed by atoms with Crippen LogP contribution in [-0.2, 0) is 0 Å². The predicted octanol–water partition coefficient (Wildman–Crippen LogP) is 1.36. The molecule has 0 aromatic carbocycles. The number of nitrogens with zero attached hydrogens (tertiary/aromatic N) is 1. The van der Waals surface area contributed by atoms with Crippen LogP contribution < -0.4 is 5.32 Å². The van der Waals surface area contributed by atoms with Gasteiger partial charge in [0.05, 0.1) is 12.6 Å². The van der Waals surface area contributed by atoms with Crippen molar-refractivity contribution in [3.63, 3.8) is 0 Å². The molecule has 3 heteroatoms. The van der Waals surface area contributed by atoms with Crippen LogP contribution in [0.1, 0.15) is 25.5 Å². The van der Waals surface area contributed by atoms with E-state index in [1.165, 1.54) is 0 Å². The molecule has 0 radical (unpaired) electrons. The fraction of sp³-hybridized carbons (Fsp3) is 0.545. The highest BCUT2D eigenvalue weighted by molar-refractivity contribution is 5.13. The second kappa shape index (κ2) is 5.73. The number of aliphatic hydroxyl groups excluding tert-OH is 1. The van der Waals surface area contributed by atoms with E-state index in [-0.39, 0.29) is 12.6 Å². The lowest BCUT2D eigenvalue weighted by atomic mass is 10.1. The van der Waals surface area contributed by atoms with E-state index in [1.54, 1.807) is 12.4 Å². The Labute approximate surface area is 85.2 Å². The molecule has 0 aliphatic heterocycles. The second-order valence-corrected chi connectivity index (χ2v) is 3.82. The van der Waals surface area contributed by atoms with E-state index in [0.717, 1.165) is 12.1 Å². The summed E-state index contributed by atoms with van der Waals surface area (Å²) >= 11 is 0. The van der Waals surface area contributed by atoms with Crippen molar-refractivity contribution in [2.45, 2.75) is 19.9 Å². The number of rotatable bonds is 5. The summed E-state index contributed by atoms with van der Waals surface area (Å²) < 4.78 is 0. The maximum Gasteiger partial charge on any atom is 0.0627 e. The summed E-state index contributed by atoms with van der Waals surface area (Å²) in [4.78, 5) is 4.03. The highest BCUT2D eigenvalue weighted by Gasteiger charge is 2.09. The summed E-state index contributed by atoms with van der Waals surface area (Å²) in [5, 5.41) is 12.5. The van der Waals surface area contributed by atoms with E-state index in [0.29, 0.717) is 5.92 Å². The lowest BCUT2D eigenvalue weighted by Crippen LogP contribution is -2.27. The fourth-order valence-electron chi connectivity index (χ4n) is 1.25. The number of nitrogens with one attached hydrogen (secondary N) is 1. The van der Waals surface area contributed by atoms with E-state index in [1.807, 2.05) is 12.1 Å². The number of aliphatic hydroxyl groups is 1. The van der Waals surface area contributed by atoms with E-state index >= 15 is 0 Å². The van der Waals surface area contributed by atoms with Crippen LogP contribution in [0.2, 0.25) is 0 Å². The molecule has 1 unspecified atom stereocenters. The summed E-state index contributed by atoms with van der Waals surface area (Å²) in [7, 11) is 0. The summed E-state index contributed by atoms with van der Waals surface area (Å²) in [6.07, 6.45) is 3.52. The molecule has 0 amide bonds. The Hall–Kier alpha value is -0.930. The number of hydrogen-bond acceptors (Lipinski definition) is 3. The number of pyridine rings is 1. The summed E-state index contributed by atoms with van der Waals surface area (Å²) in [6, 6.07) is 3.86. The lowest BCUT2D eigenvalue weighted by Gasteiger charge is -2.17. The molecule has 0 aliphatic rings. The predicted molar refractivity (Wildman–Crippen MR) is 56.9 cm³/mol.